The van der Waals surface area contributed by atoms with E-state index in [9.17, 15) is 14.9 Å². The fourth-order valence-electron chi connectivity index (χ4n) is 2.83. The number of ether oxygens (including phenoxy) is 1. The van der Waals surface area contributed by atoms with Gasteiger partial charge >= 0.3 is 0 Å². The Hall–Kier alpha value is -3.15. The average molecular weight is 352 g/mol. The molecule has 0 bridgehead atoms. The second kappa shape index (κ2) is 7.82. The van der Waals surface area contributed by atoms with Crippen LogP contribution in [0.1, 0.15) is 30.0 Å². The zero-order valence-corrected chi connectivity index (χ0v) is 14.4. The van der Waals surface area contributed by atoms with Crippen LogP contribution in [0.3, 0.4) is 0 Å². The van der Waals surface area contributed by atoms with Gasteiger partial charge in [0.15, 0.2) is 0 Å². The van der Waals surface area contributed by atoms with Crippen LogP contribution in [0.15, 0.2) is 54.6 Å². The fourth-order valence-corrected chi connectivity index (χ4v) is 2.83. The number of amides is 1. The van der Waals surface area contributed by atoms with Gasteiger partial charge in [-0.3, -0.25) is 14.9 Å². The number of carbonyl (C=O) groups excluding carboxylic acids is 1. The Morgan fingerprint density at radius 1 is 1.27 bits per heavy atom. The molecule has 0 heterocycles. The molecular formula is C20H20N2O4. The first-order valence-corrected chi connectivity index (χ1v) is 8.44. The second-order valence-electron chi connectivity index (χ2n) is 6.28. The summed E-state index contributed by atoms with van der Waals surface area (Å²) in [5.41, 5.74) is 1.66. The van der Waals surface area contributed by atoms with Crippen molar-refractivity contribution in [2.75, 3.05) is 7.11 Å². The van der Waals surface area contributed by atoms with Crippen molar-refractivity contribution in [3.63, 3.8) is 0 Å². The van der Waals surface area contributed by atoms with E-state index in [1.54, 1.807) is 25.3 Å². The summed E-state index contributed by atoms with van der Waals surface area (Å²) in [4.78, 5) is 22.7. The predicted molar refractivity (Wildman–Crippen MR) is 98.7 cm³/mol. The van der Waals surface area contributed by atoms with E-state index in [4.69, 9.17) is 4.74 Å². The molecule has 1 aliphatic carbocycles. The number of nitro benzene ring substituents is 1. The van der Waals surface area contributed by atoms with Crippen LogP contribution < -0.4 is 10.1 Å². The molecule has 1 fully saturated rings. The largest absolute Gasteiger partial charge is 0.497 e. The van der Waals surface area contributed by atoms with Gasteiger partial charge in [-0.1, -0.05) is 24.3 Å². The molecule has 3 rings (SSSR count). The molecule has 6 heteroatoms. The van der Waals surface area contributed by atoms with Crippen molar-refractivity contribution in [3.8, 4) is 5.75 Å². The Labute approximate surface area is 151 Å². The first-order chi connectivity index (χ1) is 12.6. The SMILES string of the molecule is COc1ccc(C(NC(=O)/C=C/c2cccc([N+](=O)[O-])c2)C2CC2)cc1. The molecular weight excluding hydrogens is 332 g/mol. The third-order valence-electron chi connectivity index (χ3n) is 4.37. The number of rotatable bonds is 7. The summed E-state index contributed by atoms with van der Waals surface area (Å²) in [6.07, 6.45) is 5.18. The van der Waals surface area contributed by atoms with Crippen LogP contribution in [0.25, 0.3) is 6.08 Å². The summed E-state index contributed by atoms with van der Waals surface area (Å²) in [6, 6.07) is 13.8. The summed E-state index contributed by atoms with van der Waals surface area (Å²) in [5.74, 6) is 1.00. The molecule has 134 valence electrons. The quantitative estimate of drug-likeness (QED) is 0.466. The van der Waals surface area contributed by atoms with E-state index in [1.807, 2.05) is 24.3 Å². The van der Waals surface area contributed by atoms with Crippen LogP contribution in [-0.2, 0) is 4.79 Å². The highest BCUT2D eigenvalue weighted by Gasteiger charge is 2.33. The molecule has 0 aliphatic heterocycles. The Morgan fingerprint density at radius 3 is 2.62 bits per heavy atom. The molecule has 0 spiro atoms. The normalized spacial score (nSPS) is 14.8. The van der Waals surface area contributed by atoms with Gasteiger partial charge in [0, 0.05) is 18.2 Å². The van der Waals surface area contributed by atoms with Crippen LogP contribution in [0.4, 0.5) is 5.69 Å². The van der Waals surface area contributed by atoms with Crippen LogP contribution in [0.2, 0.25) is 0 Å². The number of hydrogen-bond donors (Lipinski definition) is 1. The van der Waals surface area contributed by atoms with Crippen LogP contribution in [-0.4, -0.2) is 17.9 Å². The first-order valence-electron chi connectivity index (χ1n) is 8.44. The van der Waals surface area contributed by atoms with E-state index >= 15 is 0 Å². The van der Waals surface area contributed by atoms with Crippen molar-refractivity contribution in [1.29, 1.82) is 0 Å². The molecule has 1 amide bonds. The van der Waals surface area contributed by atoms with Crippen LogP contribution in [0, 0.1) is 16.0 Å². The molecule has 6 nitrogen and oxygen atoms in total. The molecule has 2 aromatic rings. The highest BCUT2D eigenvalue weighted by atomic mass is 16.6. The van der Waals surface area contributed by atoms with Gasteiger partial charge in [0.1, 0.15) is 5.75 Å². The summed E-state index contributed by atoms with van der Waals surface area (Å²) in [6.45, 7) is 0. The van der Waals surface area contributed by atoms with Crippen LogP contribution >= 0.6 is 0 Å². The topological polar surface area (TPSA) is 81.5 Å². The van der Waals surface area contributed by atoms with Crippen molar-refractivity contribution in [2.24, 2.45) is 5.92 Å². The van der Waals surface area contributed by atoms with Gasteiger partial charge in [0.25, 0.3) is 5.69 Å². The summed E-state index contributed by atoms with van der Waals surface area (Å²) < 4.78 is 5.17. The highest BCUT2D eigenvalue weighted by Crippen LogP contribution is 2.41. The van der Waals surface area contributed by atoms with E-state index < -0.39 is 4.92 Å². The van der Waals surface area contributed by atoms with Crippen molar-refractivity contribution in [3.05, 3.63) is 75.8 Å². The Bertz CT molecular complexity index is 826. The lowest BCUT2D eigenvalue weighted by Gasteiger charge is -2.18. The summed E-state index contributed by atoms with van der Waals surface area (Å²) in [7, 11) is 1.62. The van der Waals surface area contributed by atoms with Crippen molar-refractivity contribution in [2.45, 2.75) is 18.9 Å². The number of benzene rings is 2. The van der Waals surface area contributed by atoms with Crippen molar-refractivity contribution < 1.29 is 14.5 Å². The molecule has 1 aliphatic rings. The van der Waals surface area contributed by atoms with Gasteiger partial charge in [-0.15, -0.1) is 0 Å². The number of nitrogens with one attached hydrogen (secondary N) is 1. The third-order valence-corrected chi connectivity index (χ3v) is 4.37. The van der Waals surface area contributed by atoms with Crippen molar-refractivity contribution >= 4 is 17.7 Å². The zero-order chi connectivity index (χ0) is 18.5. The lowest BCUT2D eigenvalue weighted by molar-refractivity contribution is -0.384. The molecule has 1 atom stereocenters. The lowest BCUT2D eigenvalue weighted by Crippen LogP contribution is -2.28. The molecule has 26 heavy (non-hydrogen) atoms. The van der Waals surface area contributed by atoms with Gasteiger partial charge < -0.3 is 10.1 Å². The molecule has 1 unspecified atom stereocenters. The number of hydrogen-bond acceptors (Lipinski definition) is 4. The van der Waals surface area contributed by atoms with Gasteiger partial charge in [-0.2, -0.15) is 0 Å². The van der Waals surface area contributed by atoms with E-state index in [1.165, 1.54) is 18.2 Å². The molecule has 1 N–H and O–H groups in total. The molecule has 0 aromatic heterocycles. The molecule has 2 aromatic carbocycles. The predicted octanol–water partition coefficient (Wildman–Crippen LogP) is 3.88. The van der Waals surface area contributed by atoms with Crippen LogP contribution in [0.5, 0.6) is 5.75 Å². The molecule has 0 radical (unpaired) electrons. The standard InChI is InChI=1S/C20H20N2O4/c1-26-18-10-8-16(9-11-18)20(15-6-7-15)21-19(23)12-5-14-3-2-4-17(13-14)22(24)25/h2-5,8-13,15,20H,6-7H2,1H3,(H,21,23)/b12-5+. The highest BCUT2D eigenvalue weighted by molar-refractivity contribution is 5.92. The minimum absolute atomic E-state index is 0.00153. The zero-order valence-electron chi connectivity index (χ0n) is 14.4. The molecule has 1 saturated carbocycles. The maximum absolute atomic E-state index is 12.3. The monoisotopic (exact) mass is 352 g/mol. The number of methoxy groups -OCH3 is 1. The second-order valence-corrected chi connectivity index (χ2v) is 6.28. The maximum Gasteiger partial charge on any atom is 0.270 e. The van der Waals surface area contributed by atoms with Crippen molar-refractivity contribution in [1.82, 2.24) is 5.32 Å². The number of nitrogens with zero attached hydrogens (tertiary/aromatic N) is 1. The van der Waals surface area contributed by atoms with E-state index in [0.29, 0.717) is 11.5 Å². The van der Waals surface area contributed by atoms with Gasteiger partial charge in [0.05, 0.1) is 18.1 Å². The lowest BCUT2D eigenvalue weighted by atomic mass is 10.0. The molecule has 0 saturated heterocycles. The van der Waals surface area contributed by atoms with Gasteiger partial charge in [0.2, 0.25) is 5.91 Å². The smallest absolute Gasteiger partial charge is 0.270 e. The number of nitro groups is 1. The Kier molecular flexibility index (Phi) is 5.31. The van der Waals surface area contributed by atoms with E-state index in [2.05, 4.69) is 5.32 Å². The van der Waals surface area contributed by atoms with Gasteiger partial charge in [-0.05, 0) is 48.1 Å². The minimum Gasteiger partial charge on any atom is -0.497 e. The number of carbonyl (C=O) groups is 1. The fraction of sp³-hybridized carbons (Fsp3) is 0.250. The Balaban J connectivity index is 1.68. The first kappa shape index (κ1) is 17.7. The third kappa shape index (κ3) is 4.47. The van der Waals surface area contributed by atoms with Gasteiger partial charge in [-0.25, -0.2) is 0 Å². The van der Waals surface area contributed by atoms with E-state index in [-0.39, 0.29) is 17.6 Å². The van der Waals surface area contributed by atoms with E-state index in [0.717, 1.165) is 24.2 Å². The average Bonchev–Trinajstić information content (AvgIpc) is 3.50. The number of non-ortho nitro benzene ring substituents is 1. The minimum atomic E-state index is -0.454. The Morgan fingerprint density at radius 2 is 2.00 bits per heavy atom. The maximum atomic E-state index is 12.3. The summed E-state index contributed by atoms with van der Waals surface area (Å²) >= 11 is 0. The summed E-state index contributed by atoms with van der Waals surface area (Å²) in [5, 5.41) is 13.9.